The van der Waals surface area contributed by atoms with Crippen molar-refractivity contribution in [1.82, 2.24) is 19.5 Å². The van der Waals surface area contributed by atoms with Gasteiger partial charge in [0.2, 0.25) is 6.79 Å². The molecule has 4 aromatic carbocycles. The lowest BCUT2D eigenvalue weighted by molar-refractivity contribution is -0.0247. The summed E-state index contributed by atoms with van der Waals surface area (Å²) < 4.78 is 41.2. The maximum atomic E-state index is 14.3. The number of imidazole rings is 1. The molecule has 3 heterocycles. The molecule has 7 rings (SSSR count). The van der Waals surface area contributed by atoms with Crippen LogP contribution in [-0.4, -0.2) is 46.1 Å². The van der Waals surface area contributed by atoms with Crippen molar-refractivity contribution in [3.63, 3.8) is 0 Å². The van der Waals surface area contributed by atoms with Gasteiger partial charge in [-0.2, -0.15) is 14.4 Å². The fourth-order valence-electron chi connectivity index (χ4n) is 5.95. The van der Waals surface area contributed by atoms with Crippen LogP contribution >= 0.6 is 22.6 Å². The average molecular weight is 744 g/mol. The first-order valence-electron chi connectivity index (χ1n) is 15.2. The third-order valence-corrected chi connectivity index (χ3v) is 9.11. The predicted molar refractivity (Wildman–Crippen MR) is 184 cm³/mol. The molecule has 0 fully saturated rings. The maximum Gasteiger partial charge on any atom is 0.312 e. The number of aromatic nitrogens is 4. The van der Waals surface area contributed by atoms with Gasteiger partial charge in [0.15, 0.2) is 28.5 Å². The SMILES string of the molecule is Nc1nc(F)nc2c1nc(Cc1cc3c(cc1I)OCO3)n2CCOCCOC(c1ccccc1)(c1ccccc1)c1ccccc1. The van der Waals surface area contributed by atoms with Gasteiger partial charge in [-0.1, -0.05) is 91.0 Å². The molecular weight excluding hydrogens is 712 g/mol. The molecule has 0 radical (unpaired) electrons. The highest BCUT2D eigenvalue weighted by molar-refractivity contribution is 14.1. The highest BCUT2D eigenvalue weighted by Crippen LogP contribution is 2.40. The van der Waals surface area contributed by atoms with Crippen LogP contribution < -0.4 is 15.2 Å². The normalized spacial score (nSPS) is 12.6. The first kappa shape index (κ1) is 31.0. The van der Waals surface area contributed by atoms with Gasteiger partial charge in [-0.3, -0.25) is 0 Å². The topological polar surface area (TPSA) is 107 Å². The van der Waals surface area contributed by atoms with E-state index in [1.807, 2.05) is 71.3 Å². The number of nitrogens with zero attached hydrogens (tertiary/aromatic N) is 4. The Balaban J connectivity index is 1.10. The van der Waals surface area contributed by atoms with Crippen molar-refractivity contribution in [2.24, 2.45) is 0 Å². The Kier molecular flexibility index (Phi) is 9.01. The van der Waals surface area contributed by atoms with Crippen LogP contribution in [-0.2, 0) is 28.0 Å². The third kappa shape index (κ3) is 6.25. The summed E-state index contributed by atoms with van der Waals surface area (Å²) in [5.74, 6) is 2.02. The van der Waals surface area contributed by atoms with Crippen LogP contribution in [0.2, 0.25) is 0 Å². The van der Waals surface area contributed by atoms with Gasteiger partial charge >= 0.3 is 6.08 Å². The summed E-state index contributed by atoms with van der Waals surface area (Å²) in [7, 11) is 0. The molecule has 0 bridgehead atoms. The van der Waals surface area contributed by atoms with Gasteiger partial charge < -0.3 is 29.2 Å². The van der Waals surface area contributed by atoms with Crippen LogP contribution in [0.15, 0.2) is 103 Å². The number of benzene rings is 4. The van der Waals surface area contributed by atoms with Crippen LogP contribution in [0.5, 0.6) is 11.5 Å². The molecule has 0 atom stereocenters. The standard InChI is InChI=1S/C36H31FIN5O4/c37-35-41-33(39)32-34(42-35)43(31(40-32)21-24-20-29-30(22-28(24)38)46-23-45-29)16-17-44-18-19-47-36(25-10-4-1-5-11-25,26-12-6-2-7-13-26)27-14-8-3-9-15-27/h1-15,20,22H,16-19,21,23H2,(H2,39,41,42). The highest BCUT2D eigenvalue weighted by atomic mass is 127. The van der Waals surface area contributed by atoms with Crippen molar-refractivity contribution in [1.29, 1.82) is 0 Å². The second-order valence-corrected chi connectivity index (χ2v) is 12.1. The minimum absolute atomic E-state index is 0.0127. The van der Waals surface area contributed by atoms with Gasteiger partial charge in [-0.25, -0.2) is 4.98 Å². The number of hydrogen-bond acceptors (Lipinski definition) is 8. The van der Waals surface area contributed by atoms with E-state index in [4.69, 9.17) is 29.7 Å². The summed E-state index contributed by atoms with van der Waals surface area (Å²) in [5.41, 5.74) is 9.92. The van der Waals surface area contributed by atoms with Gasteiger partial charge in [-0.15, -0.1) is 0 Å². The number of anilines is 1. The summed E-state index contributed by atoms with van der Waals surface area (Å²) in [5, 5.41) is 0. The summed E-state index contributed by atoms with van der Waals surface area (Å²) in [4.78, 5) is 12.5. The van der Waals surface area contributed by atoms with Crippen molar-refractivity contribution in [2.45, 2.75) is 18.6 Å². The number of halogens is 2. The van der Waals surface area contributed by atoms with Gasteiger partial charge in [0.1, 0.15) is 11.4 Å². The van der Waals surface area contributed by atoms with E-state index in [2.05, 4.69) is 69.0 Å². The minimum Gasteiger partial charge on any atom is -0.454 e. The molecule has 2 aromatic heterocycles. The number of fused-ring (bicyclic) bond motifs is 2. The molecule has 2 N–H and O–H groups in total. The Morgan fingerprint density at radius 2 is 1.38 bits per heavy atom. The second kappa shape index (κ2) is 13.6. The van der Waals surface area contributed by atoms with Crippen molar-refractivity contribution < 1.29 is 23.3 Å². The van der Waals surface area contributed by atoms with Crippen LogP contribution in [0.3, 0.4) is 0 Å². The van der Waals surface area contributed by atoms with E-state index in [1.165, 1.54) is 0 Å². The number of hydrogen-bond donors (Lipinski definition) is 1. The molecule has 238 valence electrons. The number of nitrogen functional groups attached to an aromatic ring is 1. The van der Waals surface area contributed by atoms with Crippen LogP contribution in [0.4, 0.5) is 10.2 Å². The molecule has 6 aromatic rings. The largest absolute Gasteiger partial charge is 0.454 e. The zero-order valence-corrected chi connectivity index (χ0v) is 27.5. The van der Waals surface area contributed by atoms with Gasteiger partial charge in [-0.05, 0) is 57.0 Å². The molecule has 11 heteroatoms. The Labute approximate surface area is 284 Å². The molecule has 0 saturated carbocycles. The fraction of sp³-hybridized carbons (Fsp3) is 0.194. The predicted octanol–water partition coefficient (Wildman–Crippen LogP) is 6.50. The Morgan fingerprint density at radius 1 is 0.787 bits per heavy atom. The minimum atomic E-state index is -0.909. The zero-order valence-electron chi connectivity index (χ0n) is 25.3. The molecule has 0 saturated heterocycles. The molecule has 0 spiro atoms. The molecule has 1 aliphatic rings. The van der Waals surface area contributed by atoms with Gasteiger partial charge in [0.05, 0.1) is 19.8 Å². The first-order valence-corrected chi connectivity index (χ1v) is 16.3. The van der Waals surface area contributed by atoms with Crippen molar-refractivity contribution in [2.75, 3.05) is 32.3 Å². The lowest BCUT2D eigenvalue weighted by atomic mass is 9.80. The van der Waals surface area contributed by atoms with E-state index >= 15 is 0 Å². The monoisotopic (exact) mass is 743 g/mol. The van der Waals surface area contributed by atoms with Crippen LogP contribution in [0.25, 0.3) is 11.2 Å². The van der Waals surface area contributed by atoms with E-state index in [-0.39, 0.29) is 12.6 Å². The molecule has 9 nitrogen and oxygen atoms in total. The lowest BCUT2D eigenvalue weighted by Crippen LogP contribution is -2.34. The van der Waals surface area contributed by atoms with E-state index in [1.54, 1.807) is 0 Å². The first-order chi connectivity index (χ1) is 23.0. The average Bonchev–Trinajstić information content (AvgIpc) is 3.69. The molecule has 47 heavy (non-hydrogen) atoms. The quantitative estimate of drug-likeness (QED) is 0.0656. The van der Waals surface area contributed by atoms with Crippen LogP contribution in [0, 0.1) is 9.65 Å². The summed E-state index contributed by atoms with van der Waals surface area (Å²) >= 11 is 2.26. The molecule has 0 amide bonds. The Hall–Kier alpha value is -4.59. The van der Waals surface area contributed by atoms with Crippen molar-refractivity contribution in [3.05, 3.63) is 141 Å². The number of rotatable bonds is 12. The molecule has 1 aliphatic heterocycles. The number of nitrogens with two attached hydrogens (primary N) is 1. The summed E-state index contributed by atoms with van der Waals surface area (Å²) in [6, 6.07) is 34.5. The zero-order chi connectivity index (χ0) is 32.2. The van der Waals surface area contributed by atoms with E-state index in [9.17, 15) is 4.39 Å². The van der Waals surface area contributed by atoms with Gasteiger partial charge in [0, 0.05) is 16.5 Å². The molecule has 0 unspecified atom stereocenters. The van der Waals surface area contributed by atoms with E-state index in [0.29, 0.717) is 61.3 Å². The summed E-state index contributed by atoms with van der Waals surface area (Å²) in [6.45, 7) is 1.49. The van der Waals surface area contributed by atoms with Gasteiger partial charge in [0.25, 0.3) is 0 Å². The third-order valence-electron chi connectivity index (χ3n) is 8.11. The highest BCUT2D eigenvalue weighted by Gasteiger charge is 2.37. The molecule has 0 aliphatic carbocycles. The number of ether oxygens (including phenoxy) is 4. The maximum absolute atomic E-state index is 14.3. The van der Waals surface area contributed by atoms with E-state index in [0.717, 1.165) is 25.8 Å². The van der Waals surface area contributed by atoms with Crippen molar-refractivity contribution >= 4 is 39.6 Å². The fourth-order valence-corrected chi connectivity index (χ4v) is 6.58. The lowest BCUT2D eigenvalue weighted by Gasteiger charge is -2.36. The summed E-state index contributed by atoms with van der Waals surface area (Å²) in [6.07, 6.45) is -0.475. The Bertz CT molecular complexity index is 1900. The van der Waals surface area contributed by atoms with Crippen LogP contribution in [0.1, 0.15) is 28.1 Å². The second-order valence-electron chi connectivity index (χ2n) is 10.9. The molecular formula is C36H31FIN5O4. The van der Waals surface area contributed by atoms with E-state index < -0.39 is 11.7 Å². The Morgan fingerprint density at radius 3 is 2.00 bits per heavy atom. The smallest absolute Gasteiger partial charge is 0.312 e. The van der Waals surface area contributed by atoms with Crippen molar-refractivity contribution in [3.8, 4) is 11.5 Å².